The summed E-state index contributed by atoms with van der Waals surface area (Å²) in [6, 6.07) is 21.6. The normalized spacial score (nSPS) is 14.9. The van der Waals surface area contributed by atoms with E-state index in [1.807, 2.05) is 36.4 Å². The molecule has 1 N–H and O–H groups in total. The summed E-state index contributed by atoms with van der Waals surface area (Å²) in [6.45, 7) is -0.416. The van der Waals surface area contributed by atoms with Crippen molar-refractivity contribution in [3.8, 4) is 0 Å². The van der Waals surface area contributed by atoms with Crippen LogP contribution in [-0.4, -0.2) is 55.1 Å². The maximum Gasteiger partial charge on any atom is 0.243 e. The number of hydrogen-bond donors (Lipinski definition) is 1. The molecule has 0 saturated heterocycles. The van der Waals surface area contributed by atoms with E-state index in [1.54, 1.807) is 18.2 Å². The summed E-state index contributed by atoms with van der Waals surface area (Å²) in [5.74, 6) is -0.769. The van der Waals surface area contributed by atoms with Gasteiger partial charge in [0.2, 0.25) is 21.8 Å². The summed E-state index contributed by atoms with van der Waals surface area (Å²) < 4.78 is 27.6. The zero-order valence-corrected chi connectivity index (χ0v) is 25.3. The van der Waals surface area contributed by atoms with Gasteiger partial charge >= 0.3 is 0 Å². The Morgan fingerprint density at radius 2 is 1.54 bits per heavy atom. The smallest absolute Gasteiger partial charge is 0.243 e. The van der Waals surface area contributed by atoms with E-state index in [2.05, 4.69) is 5.32 Å². The van der Waals surface area contributed by atoms with Crippen molar-refractivity contribution in [3.05, 3.63) is 100 Å². The molecule has 0 aromatic heterocycles. The maximum atomic E-state index is 14.0. The van der Waals surface area contributed by atoms with Gasteiger partial charge in [-0.25, -0.2) is 8.42 Å². The molecule has 4 rings (SSSR count). The van der Waals surface area contributed by atoms with Gasteiger partial charge in [0, 0.05) is 36.1 Å². The monoisotopic (exact) mass is 615 g/mol. The van der Waals surface area contributed by atoms with Crippen LogP contribution in [0.1, 0.15) is 43.2 Å². The Morgan fingerprint density at radius 3 is 2.20 bits per heavy atom. The first-order valence-electron chi connectivity index (χ1n) is 13.7. The number of hydrogen-bond acceptors (Lipinski definition) is 4. The second kappa shape index (κ2) is 14.3. The predicted octanol–water partition coefficient (Wildman–Crippen LogP) is 5.70. The molecule has 0 spiro atoms. The highest BCUT2D eigenvalue weighted by atomic mass is 35.5. The van der Waals surface area contributed by atoms with Gasteiger partial charge in [0.15, 0.2) is 0 Å². The van der Waals surface area contributed by atoms with Gasteiger partial charge in [-0.1, -0.05) is 91.0 Å². The van der Waals surface area contributed by atoms with E-state index >= 15 is 0 Å². The van der Waals surface area contributed by atoms with Crippen LogP contribution in [0.5, 0.6) is 0 Å². The Bertz CT molecular complexity index is 1430. The SMILES string of the molecule is CN(CC(=O)N(Cc1ccccc1Cl)C(Cc1ccccc1)C(=O)NC1CCCCC1)S(=O)(=O)c1ccc(Cl)cc1. The molecule has 3 aromatic carbocycles. The van der Waals surface area contributed by atoms with E-state index in [0.29, 0.717) is 15.6 Å². The highest BCUT2D eigenvalue weighted by Crippen LogP contribution is 2.23. The number of likely N-dealkylation sites (N-methyl/N-ethyl adjacent to an activating group) is 1. The number of halogens is 2. The second-order valence-electron chi connectivity index (χ2n) is 10.4. The molecule has 1 aliphatic carbocycles. The second-order valence-corrected chi connectivity index (χ2v) is 13.3. The Kier molecular flexibility index (Phi) is 10.8. The van der Waals surface area contributed by atoms with Gasteiger partial charge in [-0.05, 0) is 54.3 Å². The summed E-state index contributed by atoms with van der Waals surface area (Å²) in [6.07, 6.45) is 5.29. The lowest BCUT2D eigenvalue weighted by atomic mass is 9.94. The minimum Gasteiger partial charge on any atom is -0.352 e. The predicted molar refractivity (Wildman–Crippen MR) is 162 cm³/mol. The van der Waals surface area contributed by atoms with E-state index in [9.17, 15) is 18.0 Å². The lowest BCUT2D eigenvalue weighted by molar-refractivity contribution is -0.141. The standard InChI is InChI=1S/C31H35Cl2N3O4S/c1-35(41(39,40)27-18-16-25(32)17-19-27)22-30(37)36(21-24-12-8-9-15-28(24)33)29(20-23-10-4-2-5-11-23)31(38)34-26-13-6-3-7-14-26/h2,4-5,8-12,15-19,26,29H,3,6-7,13-14,20-22H2,1H3,(H,34,38). The Hall–Kier alpha value is -2.91. The molecule has 1 fully saturated rings. The summed E-state index contributed by atoms with van der Waals surface area (Å²) in [7, 11) is -2.64. The fourth-order valence-corrected chi connectivity index (χ4v) is 6.50. The molecule has 0 aliphatic heterocycles. The third-order valence-corrected chi connectivity index (χ3v) is 9.84. The number of carbonyl (C=O) groups excluding carboxylic acids is 2. The van der Waals surface area contributed by atoms with Crippen LogP contribution < -0.4 is 5.32 Å². The van der Waals surface area contributed by atoms with Gasteiger partial charge < -0.3 is 10.2 Å². The first-order chi connectivity index (χ1) is 19.6. The molecule has 1 atom stereocenters. The van der Waals surface area contributed by atoms with Gasteiger partial charge in [0.25, 0.3) is 0 Å². The number of carbonyl (C=O) groups is 2. The van der Waals surface area contributed by atoms with Gasteiger partial charge in [0.1, 0.15) is 6.04 Å². The van der Waals surface area contributed by atoms with E-state index in [1.165, 1.54) is 36.2 Å². The minimum absolute atomic E-state index is 0.0192. The van der Waals surface area contributed by atoms with Crippen molar-refractivity contribution in [2.45, 2.75) is 62.0 Å². The molecule has 0 bridgehead atoms. The number of benzene rings is 3. The van der Waals surface area contributed by atoms with Crippen molar-refractivity contribution in [3.63, 3.8) is 0 Å². The van der Waals surface area contributed by atoms with Crippen molar-refractivity contribution in [1.82, 2.24) is 14.5 Å². The zero-order chi connectivity index (χ0) is 29.4. The molecule has 1 aliphatic rings. The fourth-order valence-electron chi connectivity index (χ4n) is 5.06. The van der Waals surface area contributed by atoms with Crippen LogP contribution >= 0.6 is 23.2 Å². The van der Waals surface area contributed by atoms with E-state index in [0.717, 1.165) is 42.0 Å². The van der Waals surface area contributed by atoms with Gasteiger partial charge in [0.05, 0.1) is 11.4 Å². The third kappa shape index (κ3) is 8.32. The first-order valence-corrected chi connectivity index (χ1v) is 15.9. The van der Waals surface area contributed by atoms with Gasteiger partial charge in [-0.2, -0.15) is 4.31 Å². The molecule has 218 valence electrons. The summed E-state index contributed by atoms with van der Waals surface area (Å²) in [5, 5.41) is 4.04. The van der Waals surface area contributed by atoms with Crippen molar-refractivity contribution >= 4 is 45.0 Å². The van der Waals surface area contributed by atoms with Crippen LogP contribution in [0.15, 0.2) is 83.8 Å². The Balaban J connectivity index is 1.66. The van der Waals surface area contributed by atoms with Crippen LogP contribution in [-0.2, 0) is 32.6 Å². The number of sulfonamides is 1. The fraction of sp³-hybridized carbons (Fsp3) is 0.355. The molecular weight excluding hydrogens is 581 g/mol. The highest BCUT2D eigenvalue weighted by Gasteiger charge is 2.34. The van der Waals surface area contributed by atoms with Crippen molar-refractivity contribution in [2.75, 3.05) is 13.6 Å². The molecule has 3 aromatic rings. The third-order valence-electron chi connectivity index (χ3n) is 7.40. The first kappa shape index (κ1) is 31.0. The maximum absolute atomic E-state index is 14.0. The molecule has 0 radical (unpaired) electrons. The lowest BCUT2D eigenvalue weighted by Gasteiger charge is -2.34. The van der Waals surface area contributed by atoms with Crippen LogP contribution in [0.4, 0.5) is 0 Å². The topological polar surface area (TPSA) is 86.8 Å². The van der Waals surface area contributed by atoms with E-state index in [4.69, 9.17) is 23.2 Å². The quantitative estimate of drug-likeness (QED) is 0.300. The number of nitrogens with one attached hydrogen (secondary N) is 1. The van der Waals surface area contributed by atoms with Crippen LogP contribution in [0.2, 0.25) is 10.0 Å². The lowest BCUT2D eigenvalue weighted by Crippen LogP contribution is -2.54. The van der Waals surface area contributed by atoms with Crippen LogP contribution in [0.3, 0.4) is 0 Å². The molecule has 2 amide bonds. The molecule has 1 saturated carbocycles. The Labute approximate surface area is 252 Å². The van der Waals surface area contributed by atoms with Crippen molar-refractivity contribution in [2.24, 2.45) is 0 Å². The minimum atomic E-state index is -3.99. The molecule has 10 heteroatoms. The number of nitrogens with zero attached hydrogens (tertiary/aromatic N) is 2. The Morgan fingerprint density at radius 1 is 0.902 bits per heavy atom. The van der Waals surface area contributed by atoms with Crippen LogP contribution in [0.25, 0.3) is 0 Å². The number of rotatable bonds is 11. The average molecular weight is 617 g/mol. The van der Waals surface area contributed by atoms with Crippen LogP contribution in [0, 0.1) is 0 Å². The van der Waals surface area contributed by atoms with Crippen molar-refractivity contribution in [1.29, 1.82) is 0 Å². The highest BCUT2D eigenvalue weighted by molar-refractivity contribution is 7.89. The molecular formula is C31H35Cl2N3O4S. The van der Waals surface area contributed by atoms with E-state index in [-0.39, 0.29) is 29.8 Å². The number of amides is 2. The molecule has 7 nitrogen and oxygen atoms in total. The molecule has 0 heterocycles. The summed E-state index contributed by atoms with van der Waals surface area (Å²) >= 11 is 12.4. The van der Waals surface area contributed by atoms with Gasteiger partial charge in [-0.15, -0.1) is 0 Å². The van der Waals surface area contributed by atoms with Crippen molar-refractivity contribution < 1.29 is 18.0 Å². The summed E-state index contributed by atoms with van der Waals surface area (Å²) in [4.78, 5) is 29.4. The average Bonchev–Trinajstić information content (AvgIpc) is 2.97. The van der Waals surface area contributed by atoms with Gasteiger partial charge in [-0.3, -0.25) is 9.59 Å². The zero-order valence-electron chi connectivity index (χ0n) is 23.0. The molecule has 41 heavy (non-hydrogen) atoms. The summed E-state index contributed by atoms with van der Waals surface area (Å²) in [5.41, 5.74) is 1.55. The largest absolute Gasteiger partial charge is 0.352 e. The molecule has 1 unspecified atom stereocenters. The van der Waals surface area contributed by atoms with E-state index < -0.39 is 28.5 Å².